The zero-order valence-corrected chi connectivity index (χ0v) is 16.7. The van der Waals surface area contributed by atoms with Gasteiger partial charge in [-0.3, -0.25) is 9.59 Å². The molecular formula is C20H22N2O3S2. The lowest BCUT2D eigenvalue weighted by Gasteiger charge is -2.11. The second-order valence-electron chi connectivity index (χ2n) is 5.89. The molecule has 1 aliphatic rings. The van der Waals surface area contributed by atoms with Crippen LogP contribution >= 0.6 is 23.5 Å². The minimum Gasteiger partial charge on any atom is -0.494 e. The van der Waals surface area contributed by atoms with Gasteiger partial charge >= 0.3 is 0 Å². The van der Waals surface area contributed by atoms with Crippen molar-refractivity contribution in [2.24, 2.45) is 0 Å². The van der Waals surface area contributed by atoms with Crippen molar-refractivity contribution < 1.29 is 14.3 Å². The molecule has 2 amide bonds. The van der Waals surface area contributed by atoms with E-state index in [1.807, 2.05) is 48.6 Å². The highest BCUT2D eigenvalue weighted by atomic mass is 32.2. The van der Waals surface area contributed by atoms with Crippen molar-refractivity contribution in [1.82, 2.24) is 5.32 Å². The van der Waals surface area contributed by atoms with Gasteiger partial charge in [0, 0.05) is 22.8 Å². The molecule has 0 saturated carbocycles. The Morgan fingerprint density at radius 1 is 1.11 bits per heavy atom. The number of ether oxygens (including phenoxy) is 1. The van der Waals surface area contributed by atoms with Crippen LogP contribution in [0.5, 0.6) is 5.75 Å². The second kappa shape index (κ2) is 9.71. The van der Waals surface area contributed by atoms with Crippen LogP contribution in [0.2, 0.25) is 0 Å². The molecule has 0 radical (unpaired) electrons. The fourth-order valence-electron chi connectivity index (χ4n) is 2.65. The Balaban J connectivity index is 1.50. The maximum Gasteiger partial charge on any atom is 0.251 e. The number of nitrogens with one attached hydrogen (secondary N) is 2. The van der Waals surface area contributed by atoms with E-state index in [2.05, 4.69) is 16.7 Å². The van der Waals surface area contributed by atoms with E-state index in [1.165, 1.54) is 5.56 Å². The van der Waals surface area contributed by atoms with E-state index in [1.54, 1.807) is 24.3 Å². The molecule has 2 aromatic carbocycles. The van der Waals surface area contributed by atoms with Crippen LogP contribution in [0.1, 0.15) is 27.4 Å². The SMILES string of the molecule is CCOc1ccc(C(=O)NCC(=O)Nc2cccc(C3SCCS3)c2)cc1. The van der Waals surface area contributed by atoms with E-state index in [0.29, 0.717) is 22.5 Å². The third kappa shape index (κ3) is 5.68. The first kappa shape index (κ1) is 19.6. The normalized spacial score (nSPS) is 14.0. The quantitative estimate of drug-likeness (QED) is 0.734. The molecule has 3 rings (SSSR count). The Bertz CT molecular complexity index is 790. The molecule has 0 atom stereocenters. The number of hydrogen-bond donors (Lipinski definition) is 2. The third-order valence-corrected chi connectivity index (χ3v) is 7.01. The largest absolute Gasteiger partial charge is 0.494 e. The smallest absolute Gasteiger partial charge is 0.251 e. The fraction of sp³-hybridized carbons (Fsp3) is 0.300. The molecule has 0 unspecified atom stereocenters. The van der Waals surface area contributed by atoms with Crippen LogP contribution in [-0.2, 0) is 4.79 Å². The summed E-state index contributed by atoms with van der Waals surface area (Å²) in [6.45, 7) is 2.40. The fourth-order valence-corrected chi connectivity index (χ4v) is 5.49. The minimum atomic E-state index is -0.291. The third-order valence-electron chi connectivity index (χ3n) is 3.90. The predicted molar refractivity (Wildman–Crippen MR) is 113 cm³/mol. The molecule has 2 N–H and O–H groups in total. The summed E-state index contributed by atoms with van der Waals surface area (Å²) in [5, 5.41) is 5.49. The van der Waals surface area contributed by atoms with Gasteiger partial charge in [0.05, 0.1) is 17.7 Å². The number of thioether (sulfide) groups is 2. The Morgan fingerprint density at radius 3 is 2.56 bits per heavy atom. The Labute approximate surface area is 167 Å². The topological polar surface area (TPSA) is 67.4 Å². The van der Waals surface area contributed by atoms with Gasteiger partial charge in [0.25, 0.3) is 5.91 Å². The summed E-state index contributed by atoms with van der Waals surface area (Å²) in [7, 11) is 0. The average Bonchev–Trinajstić information content (AvgIpc) is 3.22. The number of carbonyl (C=O) groups is 2. The van der Waals surface area contributed by atoms with Crippen LogP contribution in [0.4, 0.5) is 5.69 Å². The zero-order valence-electron chi connectivity index (χ0n) is 15.1. The molecule has 0 spiro atoms. The van der Waals surface area contributed by atoms with Gasteiger partial charge in [-0.05, 0) is 48.9 Å². The lowest BCUT2D eigenvalue weighted by molar-refractivity contribution is -0.115. The first-order valence-electron chi connectivity index (χ1n) is 8.80. The Morgan fingerprint density at radius 2 is 1.85 bits per heavy atom. The summed E-state index contributed by atoms with van der Waals surface area (Å²) >= 11 is 3.85. The van der Waals surface area contributed by atoms with Gasteiger partial charge in [0.1, 0.15) is 5.75 Å². The zero-order chi connectivity index (χ0) is 19.1. The van der Waals surface area contributed by atoms with Gasteiger partial charge in [0.2, 0.25) is 5.91 Å². The van der Waals surface area contributed by atoms with Gasteiger partial charge in [-0.2, -0.15) is 0 Å². The lowest BCUT2D eigenvalue weighted by Crippen LogP contribution is -2.32. The molecule has 142 valence electrons. The molecule has 27 heavy (non-hydrogen) atoms. The average molecular weight is 403 g/mol. The lowest BCUT2D eigenvalue weighted by atomic mass is 10.2. The van der Waals surface area contributed by atoms with E-state index >= 15 is 0 Å². The molecular weight excluding hydrogens is 380 g/mol. The van der Waals surface area contributed by atoms with Crippen molar-refractivity contribution in [3.8, 4) is 5.75 Å². The Hall–Kier alpha value is -2.12. The number of hydrogen-bond acceptors (Lipinski definition) is 5. The molecule has 0 aromatic heterocycles. The molecule has 5 nitrogen and oxygen atoms in total. The van der Waals surface area contributed by atoms with E-state index in [4.69, 9.17) is 4.74 Å². The van der Waals surface area contributed by atoms with Gasteiger partial charge in [-0.25, -0.2) is 0 Å². The molecule has 1 saturated heterocycles. The highest BCUT2D eigenvalue weighted by Crippen LogP contribution is 2.45. The monoisotopic (exact) mass is 402 g/mol. The second-order valence-corrected chi connectivity index (χ2v) is 8.61. The number of amides is 2. The first-order valence-corrected chi connectivity index (χ1v) is 10.9. The van der Waals surface area contributed by atoms with Crippen molar-refractivity contribution in [3.05, 3.63) is 59.7 Å². The van der Waals surface area contributed by atoms with E-state index in [0.717, 1.165) is 17.2 Å². The van der Waals surface area contributed by atoms with E-state index in [-0.39, 0.29) is 18.4 Å². The van der Waals surface area contributed by atoms with Crippen LogP contribution in [0, 0.1) is 0 Å². The van der Waals surface area contributed by atoms with Crippen molar-refractivity contribution in [3.63, 3.8) is 0 Å². The van der Waals surface area contributed by atoms with Gasteiger partial charge < -0.3 is 15.4 Å². The summed E-state index contributed by atoms with van der Waals surface area (Å²) in [5.74, 6) is 2.48. The first-order chi connectivity index (χ1) is 13.2. The van der Waals surface area contributed by atoms with Crippen molar-refractivity contribution in [2.75, 3.05) is 30.0 Å². The highest BCUT2D eigenvalue weighted by molar-refractivity contribution is 8.19. The van der Waals surface area contributed by atoms with Gasteiger partial charge in [-0.1, -0.05) is 12.1 Å². The van der Waals surface area contributed by atoms with E-state index < -0.39 is 0 Å². The summed E-state index contributed by atoms with van der Waals surface area (Å²) < 4.78 is 5.78. The van der Waals surface area contributed by atoms with Crippen LogP contribution in [-0.4, -0.2) is 36.5 Å². The standard InChI is InChI=1S/C20H22N2O3S2/c1-2-25-17-8-6-14(7-9-17)19(24)21-13-18(23)22-16-5-3-4-15(12-16)20-26-10-11-27-20/h3-9,12,20H,2,10-11,13H2,1H3,(H,21,24)(H,22,23). The molecule has 1 heterocycles. The predicted octanol–water partition coefficient (Wildman–Crippen LogP) is 3.93. The Kier molecular flexibility index (Phi) is 7.06. The number of benzene rings is 2. The van der Waals surface area contributed by atoms with E-state index in [9.17, 15) is 9.59 Å². The van der Waals surface area contributed by atoms with Crippen LogP contribution < -0.4 is 15.4 Å². The number of anilines is 1. The summed E-state index contributed by atoms with van der Waals surface area (Å²) in [4.78, 5) is 24.3. The summed E-state index contributed by atoms with van der Waals surface area (Å²) in [6, 6.07) is 14.7. The molecule has 0 bridgehead atoms. The molecule has 1 fully saturated rings. The molecule has 7 heteroatoms. The maximum atomic E-state index is 12.2. The number of carbonyl (C=O) groups excluding carboxylic acids is 2. The number of rotatable bonds is 7. The highest BCUT2D eigenvalue weighted by Gasteiger charge is 2.18. The van der Waals surface area contributed by atoms with Crippen molar-refractivity contribution in [2.45, 2.75) is 11.5 Å². The van der Waals surface area contributed by atoms with Gasteiger partial charge in [0.15, 0.2) is 0 Å². The van der Waals surface area contributed by atoms with Crippen molar-refractivity contribution in [1.29, 1.82) is 0 Å². The molecule has 2 aromatic rings. The van der Waals surface area contributed by atoms with Crippen LogP contribution in [0.3, 0.4) is 0 Å². The van der Waals surface area contributed by atoms with Crippen LogP contribution in [0.15, 0.2) is 48.5 Å². The molecule has 0 aliphatic carbocycles. The maximum absolute atomic E-state index is 12.2. The summed E-state index contributed by atoms with van der Waals surface area (Å²) in [6.07, 6.45) is 0. The molecule has 1 aliphatic heterocycles. The van der Waals surface area contributed by atoms with Gasteiger partial charge in [-0.15, -0.1) is 23.5 Å². The van der Waals surface area contributed by atoms with Crippen LogP contribution in [0.25, 0.3) is 0 Å². The summed E-state index contributed by atoms with van der Waals surface area (Å²) in [5.41, 5.74) is 2.45. The van der Waals surface area contributed by atoms with Crippen molar-refractivity contribution >= 4 is 41.0 Å². The minimum absolute atomic E-state index is 0.0802.